The molecule has 2 amide bonds. The molecule has 0 aromatic rings. The van der Waals surface area contributed by atoms with E-state index in [1.807, 2.05) is 13.8 Å². The van der Waals surface area contributed by atoms with Gasteiger partial charge in [0.2, 0.25) is 0 Å². The molecule has 0 unspecified atom stereocenters. The molecule has 15 heavy (non-hydrogen) atoms. The van der Waals surface area contributed by atoms with Gasteiger partial charge in [-0.05, 0) is 20.3 Å². The number of sulfone groups is 1. The first-order valence-corrected chi connectivity index (χ1v) is 6.88. The molecule has 1 aliphatic rings. The third-order valence-electron chi connectivity index (χ3n) is 2.49. The summed E-state index contributed by atoms with van der Waals surface area (Å²) < 4.78 is 22.5. The minimum absolute atomic E-state index is 0.0676. The summed E-state index contributed by atoms with van der Waals surface area (Å²) in [5, 5.41) is 2.74. The van der Waals surface area contributed by atoms with Gasteiger partial charge in [-0.2, -0.15) is 0 Å². The standard InChI is InChI=1S/C9H18N2O3S/c1-7(2)10-9(12)11(3)8-4-5-15(13,14)6-8/h7-8H,4-6H2,1-3H3,(H,10,12)/t8-/m0/s1. The van der Waals surface area contributed by atoms with Crippen LogP contribution in [-0.4, -0.2) is 50.0 Å². The second kappa shape index (κ2) is 4.38. The van der Waals surface area contributed by atoms with E-state index in [9.17, 15) is 13.2 Å². The number of amides is 2. The number of nitrogens with one attached hydrogen (secondary N) is 1. The maximum atomic E-state index is 11.6. The summed E-state index contributed by atoms with van der Waals surface area (Å²) in [6.45, 7) is 3.74. The van der Waals surface area contributed by atoms with E-state index in [1.54, 1.807) is 7.05 Å². The fourth-order valence-electron chi connectivity index (χ4n) is 1.60. The van der Waals surface area contributed by atoms with Crippen molar-refractivity contribution in [2.75, 3.05) is 18.6 Å². The van der Waals surface area contributed by atoms with E-state index in [0.29, 0.717) is 6.42 Å². The van der Waals surface area contributed by atoms with Crippen molar-refractivity contribution in [3.8, 4) is 0 Å². The lowest BCUT2D eigenvalue weighted by Crippen LogP contribution is -2.46. The average Bonchev–Trinajstić information content (AvgIpc) is 2.43. The van der Waals surface area contributed by atoms with Crippen LogP contribution in [-0.2, 0) is 9.84 Å². The SMILES string of the molecule is CC(C)NC(=O)N(C)[C@H]1CCS(=O)(=O)C1. The van der Waals surface area contributed by atoms with Crippen LogP contribution >= 0.6 is 0 Å². The highest BCUT2D eigenvalue weighted by molar-refractivity contribution is 7.91. The lowest BCUT2D eigenvalue weighted by Gasteiger charge is -2.24. The molecule has 0 aromatic carbocycles. The second-order valence-electron chi connectivity index (χ2n) is 4.27. The summed E-state index contributed by atoms with van der Waals surface area (Å²) >= 11 is 0. The Morgan fingerprint density at radius 3 is 2.47 bits per heavy atom. The van der Waals surface area contributed by atoms with Crippen LogP contribution in [0.25, 0.3) is 0 Å². The Morgan fingerprint density at radius 1 is 1.47 bits per heavy atom. The Labute approximate surface area is 90.7 Å². The Morgan fingerprint density at radius 2 is 2.07 bits per heavy atom. The highest BCUT2D eigenvalue weighted by atomic mass is 32.2. The molecule has 0 aromatic heterocycles. The van der Waals surface area contributed by atoms with Crippen LogP contribution in [0.5, 0.6) is 0 Å². The van der Waals surface area contributed by atoms with Gasteiger partial charge in [0, 0.05) is 19.1 Å². The first-order chi connectivity index (χ1) is 6.82. The number of carbonyl (C=O) groups is 1. The van der Waals surface area contributed by atoms with Gasteiger partial charge >= 0.3 is 6.03 Å². The minimum Gasteiger partial charge on any atom is -0.336 e. The van der Waals surface area contributed by atoms with E-state index in [0.717, 1.165) is 0 Å². The Hall–Kier alpha value is -0.780. The van der Waals surface area contributed by atoms with Crippen LogP contribution in [0.1, 0.15) is 20.3 Å². The average molecular weight is 234 g/mol. The van der Waals surface area contributed by atoms with Crippen LogP contribution in [0.4, 0.5) is 4.79 Å². The lowest BCUT2D eigenvalue weighted by molar-refractivity contribution is 0.192. The van der Waals surface area contributed by atoms with Crippen LogP contribution in [0, 0.1) is 0 Å². The molecule has 1 aliphatic heterocycles. The third kappa shape index (κ3) is 3.37. The zero-order valence-electron chi connectivity index (χ0n) is 9.36. The fourth-order valence-corrected chi connectivity index (χ4v) is 3.37. The molecule has 6 heteroatoms. The molecular weight excluding hydrogens is 216 g/mol. The van der Waals surface area contributed by atoms with Crippen LogP contribution in [0.2, 0.25) is 0 Å². The molecule has 0 aliphatic carbocycles. The third-order valence-corrected chi connectivity index (χ3v) is 4.24. The minimum atomic E-state index is -2.92. The van der Waals surface area contributed by atoms with Gasteiger partial charge in [0.05, 0.1) is 11.5 Å². The monoisotopic (exact) mass is 234 g/mol. The van der Waals surface area contributed by atoms with Gasteiger partial charge in [0.1, 0.15) is 0 Å². The number of urea groups is 1. The maximum absolute atomic E-state index is 11.6. The van der Waals surface area contributed by atoms with Crippen molar-refractivity contribution in [3.05, 3.63) is 0 Å². The summed E-state index contributed by atoms with van der Waals surface area (Å²) in [6, 6.07) is -0.307. The first-order valence-electron chi connectivity index (χ1n) is 5.05. The van der Waals surface area contributed by atoms with Crippen molar-refractivity contribution < 1.29 is 13.2 Å². The molecule has 0 radical (unpaired) electrons. The van der Waals surface area contributed by atoms with E-state index >= 15 is 0 Å². The Kier molecular flexibility index (Phi) is 3.59. The van der Waals surface area contributed by atoms with Crippen molar-refractivity contribution in [2.45, 2.75) is 32.4 Å². The maximum Gasteiger partial charge on any atom is 0.317 e. The predicted molar refractivity (Wildman–Crippen MR) is 58.5 cm³/mol. The van der Waals surface area contributed by atoms with Gasteiger partial charge in [-0.15, -0.1) is 0 Å². The topological polar surface area (TPSA) is 66.5 Å². The van der Waals surface area contributed by atoms with E-state index in [1.165, 1.54) is 4.90 Å². The lowest BCUT2D eigenvalue weighted by atomic mass is 10.2. The summed E-state index contributed by atoms with van der Waals surface area (Å²) in [5.74, 6) is 0.284. The van der Waals surface area contributed by atoms with Crippen LogP contribution in [0.15, 0.2) is 0 Å². The summed E-state index contributed by atoms with van der Waals surface area (Å²) in [7, 11) is -1.28. The van der Waals surface area contributed by atoms with Gasteiger partial charge in [0.25, 0.3) is 0 Å². The summed E-state index contributed by atoms with van der Waals surface area (Å²) in [6.07, 6.45) is 0.546. The molecule has 1 saturated heterocycles. The van der Waals surface area contributed by atoms with Gasteiger partial charge in [0.15, 0.2) is 9.84 Å². The number of nitrogens with zero attached hydrogens (tertiary/aromatic N) is 1. The van der Waals surface area contributed by atoms with Crippen LogP contribution < -0.4 is 5.32 Å². The molecule has 5 nitrogen and oxygen atoms in total. The molecule has 1 fully saturated rings. The van der Waals surface area contributed by atoms with E-state index in [4.69, 9.17) is 0 Å². The fraction of sp³-hybridized carbons (Fsp3) is 0.889. The van der Waals surface area contributed by atoms with Crippen molar-refractivity contribution in [1.29, 1.82) is 0 Å². The molecule has 1 heterocycles. The molecule has 88 valence electrons. The van der Waals surface area contributed by atoms with Gasteiger partial charge in [-0.1, -0.05) is 0 Å². The zero-order valence-corrected chi connectivity index (χ0v) is 10.2. The zero-order chi connectivity index (χ0) is 11.6. The van der Waals surface area contributed by atoms with Gasteiger partial charge in [-0.3, -0.25) is 0 Å². The number of carbonyl (C=O) groups excluding carboxylic acids is 1. The quantitative estimate of drug-likeness (QED) is 0.743. The van der Waals surface area contributed by atoms with Crippen molar-refractivity contribution in [1.82, 2.24) is 10.2 Å². The second-order valence-corrected chi connectivity index (χ2v) is 6.50. The van der Waals surface area contributed by atoms with Crippen molar-refractivity contribution in [2.24, 2.45) is 0 Å². The number of hydrogen-bond donors (Lipinski definition) is 1. The number of rotatable bonds is 2. The normalized spacial score (nSPS) is 24.1. The largest absolute Gasteiger partial charge is 0.336 e. The summed E-state index contributed by atoms with van der Waals surface area (Å²) in [5.41, 5.74) is 0. The highest BCUT2D eigenvalue weighted by Crippen LogP contribution is 2.16. The van der Waals surface area contributed by atoms with E-state index < -0.39 is 9.84 Å². The molecule has 1 atom stereocenters. The predicted octanol–water partition coefficient (Wildman–Crippen LogP) is 0.223. The van der Waals surface area contributed by atoms with Crippen molar-refractivity contribution >= 4 is 15.9 Å². The molecule has 0 bridgehead atoms. The van der Waals surface area contributed by atoms with Gasteiger partial charge in [-0.25, -0.2) is 13.2 Å². The number of hydrogen-bond acceptors (Lipinski definition) is 3. The molecule has 1 rings (SSSR count). The first kappa shape index (κ1) is 12.3. The summed E-state index contributed by atoms with van der Waals surface area (Å²) in [4.78, 5) is 13.1. The molecule has 0 spiro atoms. The molecule has 0 saturated carbocycles. The Balaban J connectivity index is 2.55. The van der Waals surface area contributed by atoms with E-state index in [2.05, 4.69) is 5.32 Å². The highest BCUT2D eigenvalue weighted by Gasteiger charge is 2.32. The van der Waals surface area contributed by atoms with E-state index in [-0.39, 0.29) is 29.6 Å². The Bertz CT molecular complexity index is 337. The molecular formula is C9H18N2O3S. The molecule has 1 N–H and O–H groups in total. The van der Waals surface area contributed by atoms with Crippen LogP contribution in [0.3, 0.4) is 0 Å². The smallest absolute Gasteiger partial charge is 0.317 e. The van der Waals surface area contributed by atoms with Crippen molar-refractivity contribution in [3.63, 3.8) is 0 Å². The van der Waals surface area contributed by atoms with Gasteiger partial charge < -0.3 is 10.2 Å².